The molecule has 0 fully saturated rings. The van der Waals surface area contributed by atoms with Crippen LogP contribution in [-0.4, -0.2) is 112 Å². The van der Waals surface area contributed by atoms with Crippen LogP contribution >= 0.6 is 0 Å². The SMILES string of the molecule is CCCCCC(CCCCC)COC(=O)CCCC(CCC)OC(=O)OCCN(CCOC(=O)OC(CCC)CCCC(=O)OCC(CCCCC)CCCCC)CCN(C)CC. The fourth-order valence-corrected chi connectivity index (χ4v) is 7.70. The van der Waals surface area contributed by atoms with Crippen molar-refractivity contribution in [3.05, 3.63) is 0 Å². The highest BCUT2D eigenvalue weighted by atomic mass is 16.7. The summed E-state index contributed by atoms with van der Waals surface area (Å²) in [5.74, 6) is 0.494. The number of hydrogen-bond acceptors (Lipinski definition) is 12. The van der Waals surface area contributed by atoms with Crippen molar-refractivity contribution in [3.63, 3.8) is 0 Å². The van der Waals surface area contributed by atoms with Crippen molar-refractivity contribution < 1.29 is 47.6 Å². The number of nitrogens with zero attached hydrogens (tertiary/aromatic N) is 2. The zero-order valence-electron chi connectivity index (χ0n) is 42.0. The molecule has 0 rings (SSSR count). The van der Waals surface area contributed by atoms with Crippen LogP contribution in [0.15, 0.2) is 0 Å². The summed E-state index contributed by atoms with van der Waals surface area (Å²) >= 11 is 0. The fourth-order valence-electron chi connectivity index (χ4n) is 7.70. The van der Waals surface area contributed by atoms with Crippen molar-refractivity contribution >= 4 is 24.2 Å². The summed E-state index contributed by atoms with van der Waals surface area (Å²) < 4.78 is 33.8. The van der Waals surface area contributed by atoms with Crippen LogP contribution in [-0.2, 0) is 38.0 Å². The van der Waals surface area contributed by atoms with E-state index in [-0.39, 0.29) is 37.4 Å². The van der Waals surface area contributed by atoms with Gasteiger partial charge < -0.3 is 33.3 Å². The summed E-state index contributed by atoms with van der Waals surface area (Å²) in [6.45, 7) is 19.5. The Morgan fingerprint density at radius 3 is 1.13 bits per heavy atom. The minimum absolute atomic E-state index is 0.126. The maximum atomic E-state index is 12.8. The fraction of sp³-hybridized carbons (Fsp3) is 0.922. The van der Waals surface area contributed by atoms with E-state index in [2.05, 4.69) is 44.4 Å². The van der Waals surface area contributed by atoms with Crippen molar-refractivity contribution in [2.75, 3.05) is 66.2 Å². The Bertz CT molecular complexity index is 998. The van der Waals surface area contributed by atoms with Gasteiger partial charge in [-0.05, 0) is 89.6 Å². The first kappa shape index (κ1) is 60.4. The standard InChI is InChI=1S/C51H98N2O10/c1-9-16-20-28-44(29-21-17-10-2)42-60-48(54)34-24-32-46(26-13-5)62-50(56)58-40-38-53(37-36-52(8)15-7)39-41-59-51(57)63-47(27-14-6)33-25-35-49(55)61-43-45(30-22-18-11-3)31-23-19-12-4/h44-47H,9-43H2,1-8H3. The molecule has 0 bridgehead atoms. The first-order valence-corrected chi connectivity index (χ1v) is 25.9. The highest BCUT2D eigenvalue weighted by molar-refractivity contribution is 5.69. The molecule has 0 amide bonds. The average molecular weight is 899 g/mol. The smallest absolute Gasteiger partial charge is 0.465 e. The number of carbonyl (C=O) groups is 4. The summed E-state index contributed by atoms with van der Waals surface area (Å²) in [5, 5.41) is 0. The Kier molecular flexibility index (Phi) is 41.5. The summed E-state index contributed by atoms with van der Waals surface area (Å²) in [7, 11) is 2.04. The van der Waals surface area contributed by atoms with Gasteiger partial charge in [0.15, 0.2) is 0 Å². The lowest BCUT2D eigenvalue weighted by Gasteiger charge is -2.25. The van der Waals surface area contributed by atoms with Crippen LogP contribution in [0.4, 0.5) is 9.59 Å². The zero-order valence-corrected chi connectivity index (χ0v) is 42.0. The predicted molar refractivity (Wildman–Crippen MR) is 255 cm³/mol. The van der Waals surface area contributed by atoms with E-state index in [1.807, 2.05) is 20.9 Å². The van der Waals surface area contributed by atoms with Gasteiger partial charge in [0.05, 0.1) is 13.2 Å². The molecule has 0 aromatic rings. The van der Waals surface area contributed by atoms with Gasteiger partial charge in [0.25, 0.3) is 0 Å². The predicted octanol–water partition coefficient (Wildman–Crippen LogP) is 12.9. The molecule has 372 valence electrons. The average Bonchev–Trinajstić information content (AvgIpc) is 3.26. The first-order valence-electron chi connectivity index (χ1n) is 25.9. The number of esters is 2. The van der Waals surface area contributed by atoms with E-state index < -0.39 is 12.3 Å². The van der Waals surface area contributed by atoms with Gasteiger partial charge in [0, 0.05) is 39.0 Å². The molecule has 63 heavy (non-hydrogen) atoms. The Morgan fingerprint density at radius 1 is 0.413 bits per heavy atom. The highest BCUT2D eigenvalue weighted by Crippen LogP contribution is 2.21. The molecule has 2 atom stereocenters. The van der Waals surface area contributed by atoms with E-state index in [9.17, 15) is 19.2 Å². The lowest BCUT2D eigenvalue weighted by atomic mass is 9.96. The van der Waals surface area contributed by atoms with Gasteiger partial charge in [-0.2, -0.15) is 0 Å². The van der Waals surface area contributed by atoms with Crippen molar-refractivity contribution in [2.24, 2.45) is 11.8 Å². The Morgan fingerprint density at radius 2 is 0.794 bits per heavy atom. The first-order chi connectivity index (χ1) is 30.5. The molecule has 12 nitrogen and oxygen atoms in total. The molecule has 0 N–H and O–H groups in total. The van der Waals surface area contributed by atoms with Gasteiger partial charge in [-0.15, -0.1) is 0 Å². The van der Waals surface area contributed by atoms with E-state index in [4.69, 9.17) is 28.4 Å². The van der Waals surface area contributed by atoms with E-state index in [0.29, 0.717) is 96.1 Å². The topological polar surface area (TPSA) is 130 Å². The van der Waals surface area contributed by atoms with Crippen LogP contribution in [0.5, 0.6) is 0 Å². The Labute approximate surface area is 386 Å². The third kappa shape index (κ3) is 37.3. The van der Waals surface area contributed by atoms with E-state index in [0.717, 1.165) is 51.6 Å². The lowest BCUT2D eigenvalue weighted by Crippen LogP contribution is -2.38. The quantitative estimate of drug-likeness (QED) is 0.0328. The normalized spacial score (nSPS) is 12.5. The van der Waals surface area contributed by atoms with Gasteiger partial charge in [0.2, 0.25) is 0 Å². The van der Waals surface area contributed by atoms with E-state index in [1.54, 1.807) is 0 Å². The van der Waals surface area contributed by atoms with Gasteiger partial charge >= 0.3 is 24.2 Å². The molecule has 0 aliphatic heterocycles. The summed E-state index contributed by atoms with van der Waals surface area (Å²) in [6.07, 6.45) is 22.6. The van der Waals surface area contributed by atoms with E-state index >= 15 is 0 Å². The third-order valence-electron chi connectivity index (χ3n) is 12.0. The number of likely N-dealkylation sites (N-methyl/N-ethyl adjacent to an activating group) is 1. The van der Waals surface area contributed by atoms with Gasteiger partial charge in [-0.1, -0.05) is 138 Å². The molecular formula is C51H98N2O10. The molecule has 12 heteroatoms. The number of rotatable bonds is 44. The van der Waals surface area contributed by atoms with Crippen molar-refractivity contribution in [1.29, 1.82) is 0 Å². The molecule has 2 unspecified atom stereocenters. The Hall–Kier alpha value is -2.60. The molecule has 0 aliphatic rings. The molecule has 0 saturated carbocycles. The maximum absolute atomic E-state index is 12.8. The van der Waals surface area contributed by atoms with Crippen LogP contribution in [0.3, 0.4) is 0 Å². The van der Waals surface area contributed by atoms with Crippen LogP contribution in [0, 0.1) is 11.8 Å². The molecular weight excluding hydrogens is 801 g/mol. The molecule has 0 saturated heterocycles. The monoisotopic (exact) mass is 899 g/mol. The van der Waals surface area contributed by atoms with Gasteiger partial charge in [0.1, 0.15) is 25.4 Å². The summed E-state index contributed by atoms with van der Waals surface area (Å²) in [6, 6.07) is 0. The molecule has 0 aromatic carbocycles. The van der Waals surface area contributed by atoms with E-state index in [1.165, 1.54) is 77.0 Å². The molecule has 0 radical (unpaired) electrons. The van der Waals surface area contributed by atoms with Crippen molar-refractivity contribution in [3.8, 4) is 0 Å². The lowest BCUT2D eigenvalue weighted by molar-refractivity contribution is -0.146. The van der Waals surface area contributed by atoms with Crippen molar-refractivity contribution in [1.82, 2.24) is 9.80 Å². The third-order valence-corrected chi connectivity index (χ3v) is 12.0. The molecule has 0 heterocycles. The van der Waals surface area contributed by atoms with Gasteiger partial charge in [-0.3, -0.25) is 14.5 Å². The van der Waals surface area contributed by atoms with Crippen LogP contribution < -0.4 is 0 Å². The maximum Gasteiger partial charge on any atom is 0.508 e. The molecule has 0 aromatic heterocycles. The second-order valence-corrected chi connectivity index (χ2v) is 17.9. The summed E-state index contributed by atoms with van der Waals surface area (Å²) in [5.41, 5.74) is 0. The highest BCUT2D eigenvalue weighted by Gasteiger charge is 2.20. The van der Waals surface area contributed by atoms with Crippen LogP contribution in [0.1, 0.15) is 215 Å². The number of ether oxygens (including phenoxy) is 6. The minimum Gasteiger partial charge on any atom is -0.465 e. The minimum atomic E-state index is -0.715. The Balaban J connectivity index is 4.83. The van der Waals surface area contributed by atoms with Crippen LogP contribution in [0.25, 0.3) is 0 Å². The largest absolute Gasteiger partial charge is 0.508 e. The zero-order chi connectivity index (χ0) is 46.8. The van der Waals surface area contributed by atoms with Crippen molar-refractivity contribution in [2.45, 2.75) is 228 Å². The molecule has 0 aliphatic carbocycles. The number of hydrogen-bond donors (Lipinski definition) is 0. The van der Waals surface area contributed by atoms with Crippen LogP contribution in [0.2, 0.25) is 0 Å². The number of carbonyl (C=O) groups excluding carboxylic acids is 4. The second kappa shape index (κ2) is 43.3. The molecule has 0 spiro atoms. The number of unbranched alkanes of at least 4 members (excludes halogenated alkanes) is 8. The van der Waals surface area contributed by atoms with Gasteiger partial charge in [-0.25, -0.2) is 9.59 Å². The second-order valence-electron chi connectivity index (χ2n) is 17.9. The summed E-state index contributed by atoms with van der Waals surface area (Å²) in [4.78, 5) is 55.0.